The second-order valence-corrected chi connectivity index (χ2v) is 7.24. The lowest BCUT2D eigenvalue weighted by Crippen LogP contribution is -2.41. The first-order valence-electron chi connectivity index (χ1n) is 8.34. The molecule has 0 radical (unpaired) electrons. The normalized spacial score (nSPS) is 22.5. The Morgan fingerprint density at radius 3 is 2.82 bits per heavy atom. The third kappa shape index (κ3) is 4.60. The van der Waals surface area contributed by atoms with Crippen LogP contribution in [0.25, 0.3) is 0 Å². The highest BCUT2D eigenvalue weighted by molar-refractivity contribution is 5.78. The fraction of sp³-hybridized carbons (Fsp3) is 0.722. The summed E-state index contributed by atoms with van der Waals surface area (Å²) >= 11 is 0. The molecule has 0 bridgehead atoms. The number of ether oxygens (including phenoxy) is 1. The molecule has 2 unspecified atom stereocenters. The van der Waals surface area contributed by atoms with E-state index in [1.54, 1.807) is 6.26 Å². The Hall–Kier alpha value is -1.29. The van der Waals surface area contributed by atoms with Gasteiger partial charge in [0.15, 0.2) is 0 Å². The molecule has 2 heterocycles. The number of nitrogens with one attached hydrogen (secondary N) is 1. The van der Waals surface area contributed by atoms with E-state index in [4.69, 9.17) is 9.15 Å². The Kier molecular flexibility index (Phi) is 5.68. The van der Waals surface area contributed by atoms with Gasteiger partial charge < -0.3 is 14.5 Å². The molecule has 1 aliphatic rings. The molecule has 1 aromatic heterocycles. The molecule has 1 aromatic rings. The van der Waals surface area contributed by atoms with E-state index in [9.17, 15) is 4.79 Å². The van der Waals surface area contributed by atoms with E-state index in [1.165, 1.54) is 0 Å². The highest BCUT2D eigenvalue weighted by Gasteiger charge is 2.32. The Bertz CT molecular complexity index is 465. The van der Waals surface area contributed by atoms with Crippen molar-refractivity contribution < 1.29 is 13.9 Å². The van der Waals surface area contributed by atoms with Crippen LogP contribution in [0.5, 0.6) is 0 Å². The quantitative estimate of drug-likeness (QED) is 0.871. The molecular formula is C18H29NO3. The van der Waals surface area contributed by atoms with Crippen molar-refractivity contribution in [2.45, 2.75) is 58.5 Å². The van der Waals surface area contributed by atoms with E-state index in [2.05, 4.69) is 33.0 Å². The zero-order valence-corrected chi connectivity index (χ0v) is 14.2. The summed E-state index contributed by atoms with van der Waals surface area (Å²) in [4.78, 5) is 12.3. The van der Waals surface area contributed by atoms with Crippen molar-refractivity contribution in [3.05, 3.63) is 24.2 Å². The van der Waals surface area contributed by atoms with Crippen molar-refractivity contribution in [3.63, 3.8) is 0 Å². The van der Waals surface area contributed by atoms with E-state index >= 15 is 0 Å². The Labute approximate surface area is 133 Å². The topological polar surface area (TPSA) is 51.5 Å². The Balaban J connectivity index is 1.81. The number of hydrogen-bond donors (Lipinski definition) is 1. The van der Waals surface area contributed by atoms with Gasteiger partial charge in [-0.1, -0.05) is 13.8 Å². The van der Waals surface area contributed by atoms with Crippen LogP contribution in [0.4, 0.5) is 0 Å². The molecule has 1 saturated heterocycles. The summed E-state index contributed by atoms with van der Waals surface area (Å²) in [5.41, 5.74) is -0.186. The van der Waals surface area contributed by atoms with Gasteiger partial charge in [0.25, 0.3) is 0 Å². The first kappa shape index (κ1) is 17.1. The smallest absolute Gasteiger partial charge is 0.223 e. The predicted octanol–water partition coefficient (Wildman–Crippen LogP) is 3.73. The molecule has 1 aliphatic heterocycles. The minimum Gasteiger partial charge on any atom is -0.469 e. The number of amides is 1. The summed E-state index contributed by atoms with van der Waals surface area (Å²) in [5.74, 6) is 2.09. The van der Waals surface area contributed by atoms with Crippen LogP contribution in [-0.2, 0) is 9.53 Å². The zero-order chi connectivity index (χ0) is 16.2. The summed E-state index contributed by atoms with van der Waals surface area (Å²) in [6.45, 7) is 9.86. The van der Waals surface area contributed by atoms with Gasteiger partial charge in [0.2, 0.25) is 5.91 Å². The summed E-state index contributed by atoms with van der Waals surface area (Å²) in [7, 11) is 0. The Morgan fingerprint density at radius 2 is 2.23 bits per heavy atom. The van der Waals surface area contributed by atoms with Gasteiger partial charge in [-0.2, -0.15) is 0 Å². The maximum atomic E-state index is 12.3. The van der Waals surface area contributed by atoms with Gasteiger partial charge in [-0.25, -0.2) is 0 Å². The van der Waals surface area contributed by atoms with E-state index in [1.807, 2.05) is 12.1 Å². The number of furan rings is 1. The van der Waals surface area contributed by atoms with E-state index in [0.717, 1.165) is 25.0 Å². The molecule has 4 nitrogen and oxygen atoms in total. The van der Waals surface area contributed by atoms with Crippen LogP contribution in [0.3, 0.4) is 0 Å². The van der Waals surface area contributed by atoms with E-state index in [0.29, 0.717) is 25.0 Å². The number of rotatable bonds is 6. The summed E-state index contributed by atoms with van der Waals surface area (Å²) in [6, 6.07) is 3.95. The van der Waals surface area contributed by atoms with Crippen molar-refractivity contribution in [1.82, 2.24) is 5.32 Å². The molecule has 2 rings (SSSR count). The highest BCUT2D eigenvalue weighted by atomic mass is 16.5. The predicted molar refractivity (Wildman–Crippen MR) is 86.7 cm³/mol. The van der Waals surface area contributed by atoms with Crippen LogP contribution < -0.4 is 5.32 Å². The van der Waals surface area contributed by atoms with Crippen LogP contribution in [0.2, 0.25) is 0 Å². The molecule has 1 N–H and O–H groups in total. The van der Waals surface area contributed by atoms with Crippen molar-refractivity contribution in [2.75, 3.05) is 13.2 Å². The van der Waals surface area contributed by atoms with Crippen molar-refractivity contribution in [1.29, 1.82) is 0 Å². The molecule has 0 spiro atoms. The number of hydrogen-bond acceptors (Lipinski definition) is 3. The van der Waals surface area contributed by atoms with Gasteiger partial charge >= 0.3 is 0 Å². The van der Waals surface area contributed by atoms with E-state index < -0.39 is 0 Å². The number of carbonyl (C=O) groups is 1. The Morgan fingerprint density at radius 1 is 1.45 bits per heavy atom. The second kappa shape index (κ2) is 7.32. The fourth-order valence-electron chi connectivity index (χ4n) is 3.26. The highest BCUT2D eigenvalue weighted by Crippen LogP contribution is 2.29. The van der Waals surface area contributed by atoms with Crippen LogP contribution in [0, 0.1) is 11.8 Å². The molecule has 0 aromatic carbocycles. The molecule has 4 heteroatoms. The van der Waals surface area contributed by atoms with Gasteiger partial charge in [0.1, 0.15) is 5.76 Å². The van der Waals surface area contributed by atoms with Crippen LogP contribution in [0.1, 0.15) is 58.6 Å². The van der Waals surface area contributed by atoms with Crippen molar-refractivity contribution in [3.8, 4) is 0 Å². The van der Waals surface area contributed by atoms with Crippen LogP contribution >= 0.6 is 0 Å². The molecule has 1 fully saturated rings. The van der Waals surface area contributed by atoms with Gasteiger partial charge in [-0.3, -0.25) is 4.79 Å². The van der Waals surface area contributed by atoms with Gasteiger partial charge in [-0.05, 0) is 51.2 Å². The minimum absolute atomic E-state index is 0.0739. The molecule has 124 valence electrons. The first-order valence-corrected chi connectivity index (χ1v) is 8.34. The molecule has 1 amide bonds. The lowest BCUT2D eigenvalue weighted by Gasteiger charge is -2.34. The average molecular weight is 307 g/mol. The standard InChI is InChI=1S/C18H29NO3/c1-13(2)15(16-6-5-10-21-16)7-9-19-17(20)14-8-11-22-18(3,4)12-14/h5-6,10,13-15H,7-9,11-12H2,1-4H3,(H,19,20). The maximum absolute atomic E-state index is 12.3. The SMILES string of the molecule is CC(C)C(CCNC(=O)C1CCOC(C)(C)C1)c1ccco1. The number of carbonyl (C=O) groups excluding carboxylic acids is 1. The van der Waals surface area contributed by atoms with Gasteiger partial charge in [0.05, 0.1) is 11.9 Å². The molecule has 0 saturated carbocycles. The molecule has 2 atom stereocenters. The monoisotopic (exact) mass is 307 g/mol. The lowest BCUT2D eigenvalue weighted by atomic mass is 9.87. The molecular weight excluding hydrogens is 278 g/mol. The van der Waals surface area contributed by atoms with E-state index in [-0.39, 0.29) is 17.4 Å². The van der Waals surface area contributed by atoms with Crippen molar-refractivity contribution >= 4 is 5.91 Å². The molecule has 0 aliphatic carbocycles. The summed E-state index contributed by atoms with van der Waals surface area (Å²) in [5, 5.41) is 3.10. The lowest BCUT2D eigenvalue weighted by molar-refractivity contribution is -0.135. The van der Waals surface area contributed by atoms with Gasteiger partial charge in [-0.15, -0.1) is 0 Å². The zero-order valence-electron chi connectivity index (χ0n) is 14.2. The average Bonchev–Trinajstić information content (AvgIpc) is 2.95. The van der Waals surface area contributed by atoms with Crippen LogP contribution in [-0.4, -0.2) is 24.7 Å². The summed E-state index contributed by atoms with van der Waals surface area (Å²) < 4.78 is 11.2. The third-order valence-corrected chi connectivity index (χ3v) is 4.54. The largest absolute Gasteiger partial charge is 0.469 e. The van der Waals surface area contributed by atoms with Gasteiger partial charge in [0, 0.05) is 25.0 Å². The van der Waals surface area contributed by atoms with Crippen LogP contribution in [0.15, 0.2) is 22.8 Å². The molecule has 22 heavy (non-hydrogen) atoms. The maximum Gasteiger partial charge on any atom is 0.223 e. The minimum atomic E-state index is -0.186. The first-order chi connectivity index (χ1) is 10.4. The second-order valence-electron chi connectivity index (χ2n) is 7.24. The fourth-order valence-corrected chi connectivity index (χ4v) is 3.26. The van der Waals surface area contributed by atoms with Crippen molar-refractivity contribution in [2.24, 2.45) is 11.8 Å². The third-order valence-electron chi connectivity index (χ3n) is 4.54. The summed E-state index contributed by atoms with van der Waals surface area (Å²) in [6.07, 6.45) is 4.24.